The molecule has 1 aliphatic rings. The van der Waals surface area contributed by atoms with E-state index in [0.29, 0.717) is 17.9 Å². The molecule has 0 radical (unpaired) electrons. The topological polar surface area (TPSA) is 23.5 Å². The summed E-state index contributed by atoms with van der Waals surface area (Å²) in [5, 5.41) is 9.02. The SMILES string of the molecule is CCN1CC(CC)(CC(C)CO)C1. The summed E-state index contributed by atoms with van der Waals surface area (Å²) in [7, 11) is 0. The number of likely N-dealkylation sites (tertiary alicyclic amines) is 1. The molecule has 1 saturated heterocycles. The molecule has 78 valence electrons. The van der Waals surface area contributed by atoms with E-state index in [0.717, 1.165) is 0 Å². The maximum Gasteiger partial charge on any atom is 0.0456 e. The third-order valence-corrected chi connectivity index (χ3v) is 3.41. The first kappa shape index (κ1) is 11.0. The number of aliphatic hydroxyl groups is 1. The Morgan fingerprint density at radius 3 is 2.38 bits per heavy atom. The predicted molar refractivity (Wildman–Crippen MR) is 55.7 cm³/mol. The predicted octanol–water partition coefficient (Wildman–Crippen LogP) is 1.74. The highest BCUT2D eigenvalue weighted by Gasteiger charge is 2.40. The fourth-order valence-electron chi connectivity index (χ4n) is 2.43. The van der Waals surface area contributed by atoms with Crippen molar-refractivity contribution in [2.45, 2.75) is 33.6 Å². The summed E-state index contributed by atoms with van der Waals surface area (Å²) in [6.45, 7) is 10.6. The number of aliphatic hydroxyl groups excluding tert-OH is 1. The average molecular weight is 185 g/mol. The van der Waals surface area contributed by atoms with Crippen molar-refractivity contribution in [1.29, 1.82) is 0 Å². The molecule has 0 aromatic carbocycles. The van der Waals surface area contributed by atoms with Crippen LogP contribution in [-0.2, 0) is 0 Å². The fourth-order valence-corrected chi connectivity index (χ4v) is 2.43. The number of nitrogens with zero attached hydrogens (tertiary/aromatic N) is 1. The molecular formula is C11H23NO. The van der Waals surface area contributed by atoms with Crippen LogP contribution in [-0.4, -0.2) is 36.2 Å². The normalized spacial score (nSPS) is 24.0. The Balaban J connectivity index is 2.36. The van der Waals surface area contributed by atoms with Crippen LogP contribution in [0.3, 0.4) is 0 Å². The van der Waals surface area contributed by atoms with Crippen molar-refractivity contribution in [1.82, 2.24) is 4.90 Å². The van der Waals surface area contributed by atoms with Crippen molar-refractivity contribution < 1.29 is 5.11 Å². The molecule has 1 heterocycles. The molecule has 2 heteroatoms. The fraction of sp³-hybridized carbons (Fsp3) is 1.00. The van der Waals surface area contributed by atoms with Crippen LogP contribution in [0, 0.1) is 11.3 Å². The van der Waals surface area contributed by atoms with Gasteiger partial charge in [-0.2, -0.15) is 0 Å². The molecule has 0 amide bonds. The standard InChI is InChI=1S/C11H23NO/c1-4-11(6-10(3)7-13)8-12(5-2)9-11/h10,13H,4-9H2,1-3H3. The molecule has 1 fully saturated rings. The monoisotopic (exact) mass is 185 g/mol. The van der Waals surface area contributed by atoms with E-state index in [-0.39, 0.29) is 0 Å². The van der Waals surface area contributed by atoms with Crippen molar-refractivity contribution in [3.8, 4) is 0 Å². The second kappa shape index (κ2) is 4.43. The van der Waals surface area contributed by atoms with Gasteiger partial charge in [-0.3, -0.25) is 0 Å². The first-order valence-corrected chi connectivity index (χ1v) is 5.49. The zero-order valence-corrected chi connectivity index (χ0v) is 9.21. The quantitative estimate of drug-likeness (QED) is 0.705. The Labute approximate surface area is 81.9 Å². The Kier molecular flexibility index (Phi) is 3.74. The number of hydrogen-bond donors (Lipinski definition) is 1. The molecule has 0 aliphatic carbocycles. The first-order valence-electron chi connectivity index (χ1n) is 5.49. The van der Waals surface area contributed by atoms with E-state index >= 15 is 0 Å². The first-order chi connectivity index (χ1) is 6.15. The van der Waals surface area contributed by atoms with Gasteiger partial charge in [0.05, 0.1) is 0 Å². The molecule has 2 nitrogen and oxygen atoms in total. The molecule has 0 spiro atoms. The van der Waals surface area contributed by atoms with Crippen LogP contribution >= 0.6 is 0 Å². The van der Waals surface area contributed by atoms with Gasteiger partial charge in [-0.25, -0.2) is 0 Å². The smallest absolute Gasteiger partial charge is 0.0456 e. The minimum Gasteiger partial charge on any atom is -0.396 e. The summed E-state index contributed by atoms with van der Waals surface area (Å²) < 4.78 is 0. The van der Waals surface area contributed by atoms with Crippen LogP contribution in [0.25, 0.3) is 0 Å². The van der Waals surface area contributed by atoms with E-state index in [9.17, 15) is 0 Å². The summed E-state index contributed by atoms with van der Waals surface area (Å²) in [5.74, 6) is 0.471. The lowest BCUT2D eigenvalue weighted by Crippen LogP contribution is -2.56. The van der Waals surface area contributed by atoms with Crippen LogP contribution in [0.2, 0.25) is 0 Å². The zero-order valence-electron chi connectivity index (χ0n) is 9.21. The number of rotatable bonds is 5. The second-order valence-corrected chi connectivity index (χ2v) is 4.65. The van der Waals surface area contributed by atoms with Gasteiger partial charge in [0, 0.05) is 19.7 Å². The van der Waals surface area contributed by atoms with Crippen LogP contribution in [0.4, 0.5) is 0 Å². The minimum absolute atomic E-state index is 0.341. The number of hydrogen-bond acceptors (Lipinski definition) is 2. The Morgan fingerprint density at radius 2 is 2.00 bits per heavy atom. The van der Waals surface area contributed by atoms with Gasteiger partial charge in [0.2, 0.25) is 0 Å². The maximum atomic E-state index is 9.02. The summed E-state index contributed by atoms with van der Waals surface area (Å²) in [4.78, 5) is 2.48. The highest BCUT2D eigenvalue weighted by atomic mass is 16.3. The van der Waals surface area contributed by atoms with Crippen LogP contribution in [0.5, 0.6) is 0 Å². The van der Waals surface area contributed by atoms with E-state index in [1.807, 2.05) is 0 Å². The van der Waals surface area contributed by atoms with Crippen LogP contribution in [0.15, 0.2) is 0 Å². The summed E-state index contributed by atoms with van der Waals surface area (Å²) >= 11 is 0. The summed E-state index contributed by atoms with van der Waals surface area (Å²) in [6.07, 6.45) is 2.45. The van der Waals surface area contributed by atoms with Gasteiger partial charge in [0.15, 0.2) is 0 Å². The third-order valence-electron chi connectivity index (χ3n) is 3.41. The van der Waals surface area contributed by atoms with Gasteiger partial charge in [-0.15, -0.1) is 0 Å². The molecule has 0 aromatic heterocycles. The van der Waals surface area contributed by atoms with Crippen molar-refractivity contribution in [3.63, 3.8) is 0 Å². The molecule has 0 aromatic rings. The average Bonchev–Trinajstić information content (AvgIpc) is 2.10. The molecule has 13 heavy (non-hydrogen) atoms. The van der Waals surface area contributed by atoms with Crippen molar-refractivity contribution in [3.05, 3.63) is 0 Å². The minimum atomic E-state index is 0.341. The Hall–Kier alpha value is -0.0800. The zero-order chi connectivity index (χ0) is 9.90. The van der Waals surface area contributed by atoms with Gasteiger partial charge in [-0.05, 0) is 30.7 Å². The molecule has 1 rings (SSSR count). The molecular weight excluding hydrogens is 162 g/mol. The van der Waals surface area contributed by atoms with Gasteiger partial charge >= 0.3 is 0 Å². The molecule has 1 unspecified atom stereocenters. The van der Waals surface area contributed by atoms with Gasteiger partial charge in [-0.1, -0.05) is 20.8 Å². The lowest BCUT2D eigenvalue weighted by molar-refractivity contribution is -0.0217. The van der Waals surface area contributed by atoms with Gasteiger partial charge < -0.3 is 10.0 Å². The second-order valence-electron chi connectivity index (χ2n) is 4.65. The van der Waals surface area contributed by atoms with E-state index in [1.165, 1.54) is 32.5 Å². The van der Waals surface area contributed by atoms with Crippen molar-refractivity contribution in [2.75, 3.05) is 26.2 Å². The van der Waals surface area contributed by atoms with Gasteiger partial charge in [0.1, 0.15) is 0 Å². The summed E-state index contributed by atoms with van der Waals surface area (Å²) in [6, 6.07) is 0. The van der Waals surface area contributed by atoms with E-state index in [4.69, 9.17) is 5.11 Å². The largest absolute Gasteiger partial charge is 0.396 e. The Morgan fingerprint density at radius 1 is 1.38 bits per heavy atom. The molecule has 0 saturated carbocycles. The van der Waals surface area contributed by atoms with Crippen molar-refractivity contribution in [2.24, 2.45) is 11.3 Å². The van der Waals surface area contributed by atoms with E-state index in [1.54, 1.807) is 0 Å². The Bertz CT molecular complexity index is 152. The maximum absolute atomic E-state index is 9.02. The molecule has 1 atom stereocenters. The van der Waals surface area contributed by atoms with Crippen LogP contribution < -0.4 is 0 Å². The van der Waals surface area contributed by atoms with Crippen LogP contribution in [0.1, 0.15) is 33.6 Å². The van der Waals surface area contributed by atoms with Gasteiger partial charge in [0.25, 0.3) is 0 Å². The summed E-state index contributed by atoms with van der Waals surface area (Å²) in [5.41, 5.74) is 0.526. The van der Waals surface area contributed by atoms with E-state index in [2.05, 4.69) is 25.7 Å². The molecule has 0 bridgehead atoms. The molecule has 1 N–H and O–H groups in total. The molecule has 1 aliphatic heterocycles. The lowest BCUT2D eigenvalue weighted by atomic mass is 9.71. The highest BCUT2D eigenvalue weighted by Crippen LogP contribution is 2.39. The van der Waals surface area contributed by atoms with E-state index < -0.39 is 0 Å². The third kappa shape index (κ3) is 2.44. The van der Waals surface area contributed by atoms with Crippen molar-refractivity contribution >= 4 is 0 Å². The lowest BCUT2D eigenvalue weighted by Gasteiger charge is -2.51. The highest BCUT2D eigenvalue weighted by molar-refractivity contribution is 4.94.